The molecule has 4 heterocycles. The van der Waals surface area contributed by atoms with Crippen LogP contribution in [0.5, 0.6) is 5.75 Å². The van der Waals surface area contributed by atoms with Gasteiger partial charge in [0.15, 0.2) is 0 Å². The molecule has 1 aliphatic rings. The molecule has 154 valence electrons. The van der Waals surface area contributed by atoms with Crippen LogP contribution in [0.4, 0.5) is 5.82 Å². The van der Waals surface area contributed by atoms with Gasteiger partial charge in [0.25, 0.3) is 0 Å². The Bertz CT molecular complexity index is 1110. The van der Waals surface area contributed by atoms with Crippen molar-refractivity contribution in [3.63, 3.8) is 0 Å². The summed E-state index contributed by atoms with van der Waals surface area (Å²) in [6, 6.07) is 6.11. The third-order valence-electron chi connectivity index (χ3n) is 5.21. The number of nitrogens with one attached hydrogen (secondary N) is 1. The van der Waals surface area contributed by atoms with Crippen LogP contribution in [0.3, 0.4) is 0 Å². The van der Waals surface area contributed by atoms with Crippen molar-refractivity contribution >= 4 is 28.6 Å². The second kappa shape index (κ2) is 8.46. The fraction of sp³-hybridized carbons (Fsp3) is 0.273. The summed E-state index contributed by atoms with van der Waals surface area (Å²) in [5, 5.41) is 8.27. The second-order valence-electron chi connectivity index (χ2n) is 7.07. The van der Waals surface area contributed by atoms with Crippen LogP contribution < -0.4 is 15.4 Å². The quantitative estimate of drug-likeness (QED) is 0.629. The first-order valence-electron chi connectivity index (χ1n) is 9.73. The van der Waals surface area contributed by atoms with E-state index in [1.54, 1.807) is 25.7 Å². The summed E-state index contributed by atoms with van der Waals surface area (Å²) in [5.74, 6) is 1.50. The Balaban J connectivity index is 2.03. The first kappa shape index (κ1) is 19.8. The van der Waals surface area contributed by atoms with Crippen LogP contribution in [0.25, 0.3) is 27.7 Å². The van der Waals surface area contributed by atoms with E-state index in [4.69, 9.17) is 25.6 Å². The predicted octanol–water partition coefficient (Wildman–Crippen LogP) is 2.87. The zero-order valence-corrected chi connectivity index (χ0v) is 17.0. The third-order valence-corrected chi connectivity index (χ3v) is 5.21. The van der Waals surface area contributed by atoms with E-state index in [0.717, 1.165) is 35.1 Å². The van der Waals surface area contributed by atoms with E-state index < -0.39 is 0 Å². The molecule has 1 unspecified atom stereocenters. The van der Waals surface area contributed by atoms with Gasteiger partial charge in [0.2, 0.25) is 0 Å². The highest BCUT2D eigenvalue weighted by atomic mass is 16.5. The number of pyridine rings is 3. The molecule has 30 heavy (non-hydrogen) atoms. The predicted molar refractivity (Wildman–Crippen MR) is 118 cm³/mol. The maximum absolute atomic E-state index is 7.37. The summed E-state index contributed by atoms with van der Waals surface area (Å²) in [5.41, 5.74) is 9.70. The number of morpholine rings is 1. The standard InChI is InChI=1S/C22H24N6O2/c1-14-13-30-10-9-28(14)20-11-17(15-4-7-25-12-19(15)29-2)16-5-8-26-22(21(16)27-20)18(24)3-6-23/h3-8,11-12,14,23H,9-10,13,24H2,1-2H3/b18-3-,23-6?. The average Bonchev–Trinajstić information content (AvgIpc) is 2.78. The number of nitrogens with zero attached hydrogens (tertiary/aromatic N) is 4. The number of methoxy groups -OCH3 is 1. The molecule has 0 aromatic carbocycles. The van der Waals surface area contributed by atoms with Gasteiger partial charge in [-0.25, -0.2) is 4.98 Å². The monoisotopic (exact) mass is 404 g/mol. The molecule has 8 nitrogen and oxygen atoms in total. The molecule has 0 aliphatic carbocycles. The summed E-state index contributed by atoms with van der Waals surface area (Å²) in [4.78, 5) is 15.8. The van der Waals surface area contributed by atoms with Gasteiger partial charge >= 0.3 is 0 Å². The Hall–Kier alpha value is -3.52. The van der Waals surface area contributed by atoms with Gasteiger partial charge in [-0.2, -0.15) is 0 Å². The molecular weight excluding hydrogens is 380 g/mol. The van der Waals surface area contributed by atoms with Crippen LogP contribution in [-0.4, -0.2) is 54.1 Å². The summed E-state index contributed by atoms with van der Waals surface area (Å²) in [6.45, 7) is 4.15. The topological polar surface area (TPSA) is 110 Å². The summed E-state index contributed by atoms with van der Waals surface area (Å²) in [7, 11) is 1.63. The van der Waals surface area contributed by atoms with Crippen molar-refractivity contribution < 1.29 is 9.47 Å². The lowest BCUT2D eigenvalue weighted by Crippen LogP contribution is -2.44. The minimum atomic E-state index is 0.186. The maximum atomic E-state index is 7.37. The number of ether oxygens (including phenoxy) is 2. The molecule has 0 saturated carbocycles. The summed E-state index contributed by atoms with van der Waals surface area (Å²) < 4.78 is 11.2. The van der Waals surface area contributed by atoms with Crippen molar-refractivity contribution in [2.45, 2.75) is 13.0 Å². The van der Waals surface area contributed by atoms with Crippen molar-refractivity contribution in [3.8, 4) is 16.9 Å². The van der Waals surface area contributed by atoms with Gasteiger partial charge in [0.05, 0.1) is 38.3 Å². The Morgan fingerprint density at radius 2 is 2.20 bits per heavy atom. The first-order valence-corrected chi connectivity index (χ1v) is 9.73. The van der Waals surface area contributed by atoms with E-state index in [2.05, 4.69) is 27.9 Å². The number of nitrogens with two attached hydrogens (primary N) is 1. The van der Waals surface area contributed by atoms with Gasteiger partial charge in [-0.05, 0) is 36.8 Å². The Morgan fingerprint density at radius 3 is 2.97 bits per heavy atom. The van der Waals surface area contributed by atoms with Crippen LogP contribution in [0.2, 0.25) is 0 Å². The molecule has 1 aliphatic heterocycles. The van der Waals surface area contributed by atoms with Crippen LogP contribution in [0.15, 0.2) is 42.9 Å². The first-order chi connectivity index (χ1) is 14.6. The minimum Gasteiger partial charge on any atom is -0.494 e. The maximum Gasteiger partial charge on any atom is 0.144 e. The largest absolute Gasteiger partial charge is 0.494 e. The lowest BCUT2D eigenvalue weighted by atomic mass is 10.00. The number of allylic oxidation sites excluding steroid dienone is 1. The van der Waals surface area contributed by atoms with Gasteiger partial charge in [-0.3, -0.25) is 9.97 Å². The van der Waals surface area contributed by atoms with Crippen molar-refractivity contribution in [1.29, 1.82) is 5.41 Å². The molecule has 3 aromatic rings. The molecule has 0 bridgehead atoms. The van der Waals surface area contributed by atoms with Gasteiger partial charge in [-0.1, -0.05) is 0 Å². The zero-order valence-electron chi connectivity index (χ0n) is 17.0. The highest BCUT2D eigenvalue weighted by Crippen LogP contribution is 2.37. The molecule has 0 radical (unpaired) electrons. The van der Waals surface area contributed by atoms with Crippen LogP contribution in [0.1, 0.15) is 12.6 Å². The molecule has 1 fully saturated rings. The Labute approximate surface area is 174 Å². The van der Waals surface area contributed by atoms with E-state index >= 15 is 0 Å². The SMILES string of the molecule is COc1cnccc1-c1cc(N2CCOCC2C)nc2c(/C(N)=C/C=N)nccc12. The fourth-order valence-corrected chi connectivity index (χ4v) is 3.72. The molecule has 1 saturated heterocycles. The van der Waals surface area contributed by atoms with Crippen molar-refractivity contribution in [2.75, 3.05) is 31.8 Å². The lowest BCUT2D eigenvalue weighted by Gasteiger charge is -2.34. The van der Waals surface area contributed by atoms with Crippen molar-refractivity contribution in [2.24, 2.45) is 5.73 Å². The number of aromatic nitrogens is 3. The minimum absolute atomic E-state index is 0.186. The van der Waals surface area contributed by atoms with Crippen LogP contribution in [0, 0.1) is 5.41 Å². The molecule has 3 aromatic heterocycles. The highest BCUT2D eigenvalue weighted by Gasteiger charge is 2.23. The average molecular weight is 404 g/mol. The number of hydrogen-bond donors (Lipinski definition) is 2. The van der Waals surface area contributed by atoms with E-state index in [1.165, 1.54) is 6.08 Å². The number of anilines is 1. The van der Waals surface area contributed by atoms with Crippen LogP contribution >= 0.6 is 0 Å². The van der Waals surface area contributed by atoms with Gasteiger partial charge in [0, 0.05) is 36.1 Å². The summed E-state index contributed by atoms with van der Waals surface area (Å²) in [6.07, 6.45) is 7.81. The molecular formula is C22H24N6O2. The second-order valence-corrected chi connectivity index (χ2v) is 7.07. The number of fused-ring (bicyclic) bond motifs is 1. The summed E-state index contributed by atoms with van der Waals surface area (Å²) >= 11 is 0. The molecule has 1 atom stereocenters. The van der Waals surface area contributed by atoms with E-state index in [0.29, 0.717) is 35.9 Å². The molecule has 0 amide bonds. The molecule has 8 heteroatoms. The van der Waals surface area contributed by atoms with Gasteiger partial charge in [-0.15, -0.1) is 0 Å². The smallest absolute Gasteiger partial charge is 0.144 e. The number of rotatable bonds is 5. The van der Waals surface area contributed by atoms with Crippen molar-refractivity contribution in [1.82, 2.24) is 15.0 Å². The fourth-order valence-electron chi connectivity index (χ4n) is 3.72. The lowest BCUT2D eigenvalue weighted by molar-refractivity contribution is 0.0986. The highest BCUT2D eigenvalue weighted by molar-refractivity contribution is 6.02. The van der Waals surface area contributed by atoms with Gasteiger partial charge < -0.3 is 25.5 Å². The van der Waals surface area contributed by atoms with E-state index in [9.17, 15) is 0 Å². The third kappa shape index (κ3) is 3.57. The molecule has 0 spiro atoms. The van der Waals surface area contributed by atoms with Gasteiger partial charge in [0.1, 0.15) is 22.8 Å². The molecule has 4 rings (SSSR count). The molecule has 3 N–H and O–H groups in total. The Morgan fingerprint density at radius 1 is 1.33 bits per heavy atom. The van der Waals surface area contributed by atoms with E-state index in [1.807, 2.05) is 12.1 Å². The zero-order chi connectivity index (χ0) is 21.1. The normalized spacial score (nSPS) is 17.2. The van der Waals surface area contributed by atoms with E-state index in [-0.39, 0.29) is 6.04 Å². The Kier molecular flexibility index (Phi) is 5.58. The number of hydrogen-bond acceptors (Lipinski definition) is 8. The van der Waals surface area contributed by atoms with Crippen LogP contribution in [-0.2, 0) is 4.74 Å². The van der Waals surface area contributed by atoms with Crippen molar-refractivity contribution in [3.05, 3.63) is 48.6 Å².